The summed E-state index contributed by atoms with van der Waals surface area (Å²) in [5.74, 6) is -3.32. The van der Waals surface area contributed by atoms with Crippen LogP contribution >= 0.6 is 22.6 Å². The van der Waals surface area contributed by atoms with Crippen molar-refractivity contribution in [1.82, 2.24) is 0 Å². The van der Waals surface area contributed by atoms with Gasteiger partial charge in [0.2, 0.25) is 0 Å². The molecule has 0 spiro atoms. The van der Waals surface area contributed by atoms with Crippen LogP contribution in [0.3, 0.4) is 0 Å². The third kappa shape index (κ3) is 4.52. The first-order valence-corrected chi connectivity index (χ1v) is 9.77. The highest BCUT2D eigenvalue weighted by atomic mass is 127. The van der Waals surface area contributed by atoms with Gasteiger partial charge in [-0.15, -0.1) is 0 Å². The summed E-state index contributed by atoms with van der Waals surface area (Å²) < 4.78 is 65.6. The van der Waals surface area contributed by atoms with E-state index < -0.39 is 36.5 Å². The predicted molar refractivity (Wildman–Crippen MR) is 99.8 cm³/mol. The summed E-state index contributed by atoms with van der Waals surface area (Å²) in [4.78, 5) is 23.6. The standard InChI is InChI=1S/C16H13F2IO7S/c1-15(2,19)13(20)25-11-7-3-6-10-9(11)5-4-8-12(10)26-14(21)16(17,18)27(22,23)24/h3-8H,1-2H3,(H,22,23,24). The summed E-state index contributed by atoms with van der Waals surface area (Å²) in [6.07, 6.45) is 0. The molecule has 0 aliphatic heterocycles. The zero-order valence-electron chi connectivity index (χ0n) is 13.9. The normalized spacial score (nSPS) is 12.7. The minimum atomic E-state index is -5.99. The topological polar surface area (TPSA) is 107 Å². The second-order valence-corrected chi connectivity index (χ2v) is 10.0. The molecule has 0 amide bonds. The maximum absolute atomic E-state index is 13.4. The monoisotopic (exact) mass is 514 g/mol. The smallest absolute Gasteiger partial charge is 0.425 e. The van der Waals surface area contributed by atoms with Gasteiger partial charge >= 0.3 is 27.3 Å². The molecule has 0 saturated heterocycles. The molecule has 146 valence electrons. The zero-order valence-corrected chi connectivity index (χ0v) is 16.9. The van der Waals surface area contributed by atoms with E-state index in [1.165, 1.54) is 30.3 Å². The number of rotatable bonds is 5. The van der Waals surface area contributed by atoms with Crippen molar-refractivity contribution >= 4 is 55.4 Å². The van der Waals surface area contributed by atoms with Gasteiger partial charge in [-0.1, -0.05) is 46.9 Å². The Kier molecular flexibility index (Phi) is 5.78. The maximum Gasteiger partial charge on any atom is 0.466 e. The minimum absolute atomic E-state index is 0.0988. The number of hydrogen-bond acceptors (Lipinski definition) is 6. The molecule has 0 bridgehead atoms. The molecule has 2 aromatic rings. The lowest BCUT2D eigenvalue weighted by molar-refractivity contribution is -0.151. The van der Waals surface area contributed by atoms with Gasteiger partial charge in [0.25, 0.3) is 0 Å². The number of halogens is 3. The van der Waals surface area contributed by atoms with Crippen molar-refractivity contribution in [2.75, 3.05) is 0 Å². The average Bonchev–Trinajstić information content (AvgIpc) is 2.53. The van der Waals surface area contributed by atoms with Crippen molar-refractivity contribution in [1.29, 1.82) is 0 Å². The Morgan fingerprint density at radius 3 is 1.74 bits per heavy atom. The number of alkyl halides is 3. The predicted octanol–water partition coefficient (Wildman–Crippen LogP) is 3.34. The maximum atomic E-state index is 13.4. The van der Waals surface area contributed by atoms with Gasteiger partial charge in [-0.3, -0.25) is 9.35 Å². The van der Waals surface area contributed by atoms with Gasteiger partial charge in [0.1, 0.15) is 14.9 Å². The molecule has 0 aliphatic carbocycles. The van der Waals surface area contributed by atoms with Crippen molar-refractivity contribution in [3.63, 3.8) is 0 Å². The lowest BCUT2D eigenvalue weighted by Gasteiger charge is -2.17. The summed E-state index contributed by atoms with van der Waals surface area (Å²) in [7, 11) is -5.99. The van der Waals surface area contributed by atoms with Gasteiger partial charge in [0.05, 0.1) is 0 Å². The Labute approximate surface area is 166 Å². The van der Waals surface area contributed by atoms with Crippen LogP contribution in [0, 0.1) is 0 Å². The van der Waals surface area contributed by atoms with Gasteiger partial charge in [0.15, 0.2) is 0 Å². The Balaban J connectivity index is 2.45. The van der Waals surface area contributed by atoms with Crippen molar-refractivity contribution in [2.24, 2.45) is 0 Å². The summed E-state index contributed by atoms with van der Waals surface area (Å²) >= 11 is 1.88. The van der Waals surface area contributed by atoms with E-state index in [1.807, 2.05) is 22.6 Å². The Hall–Kier alpha value is -1.86. The number of hydrogen-bond donors (Lipinski definition) is 1. The van der Waals surface area contributed by atoms with Crippen LogP contribution in [0.25, 0.3) is 10.8 Å². The molecule has 0 aromatic heterocycles. The summed E-state index contributed by atoms with van der Waals surface area (Å²) in [5.41, 5.74) is 0. The second kappa shape index (κ2) is 7.28. The van der Waals surface area contributed by atoms with Crippen LogP contribution in [-0.4, -0.2) is 33.6 Å². The first-order valence-electron chi connectivity index (χ1n) is 7.25. The summed E-state index contributed by atoms with van der Waals surface area (Å²) in [6, 6.07) is 8.27. The molecule has 2 rings (SSSR count). The molecule has 0 radical (unpaired) electrons. The minimum Gasteiger partial charge on any atom is -0.425 e. The largest absolute Gasteiger partial charge is 0.466 e. The number of carbonyl (C=O) groups is 2. The van der Waals surface area contributed by atoms with Crippen LogP contribution < -0.4 is 9.47 Å². The number of esters is 2. The van der Waals surface area contributed by atoms with E-state index in [9.17, 15) is 26.8 Å². The summed E-state index contributed by atoms with van der Waals surface area (Å²) in [6.45, 7) is 3.26. The van der Waals surface area contributed by atoms with E-state index >= 15 is 0 Å². The van der Waals surface area contributed by atoms with Crippen molar-refractivity contribution in [2.45, 2.75) is 22.5 Å². The molecule has 11 heteroatoms. The van der Waals surface area contributed by atoms with Crippen LogP contribution in [0.15, 0.2) is 36.4 Å². The third-order valence-corrected chi connectivity index (χ3v) is 4.55. The fraction of sp³-hybridized carbons (Fsp3) is 0.250. The molecule has 0 aliphatic rings. The molecule has 0 atom stereocenters. The average molecular weight is 514 g/mol. The molecule has 0 unspecified atom stereocenters. The van der Waals surface area contributed by atoms with Gasteiger partial charge in [-0.2, -0.15) is 17.2 Å². The van der Waals surface area contributed by atoms with E-state index in [4.69, 9.17) is 9.29 Å². The zero-order chi connectivity index (χ0) is 20.6. The summed E-state index contributed by atoms with van der Waals surface area (Å²) in [5, 5.41) is -4.75. The van der Waals surface area contributed by atoms with Crippen LogP contribution in [0.2, 0.25) is 0 Å². The van der Waals surface area contributed by atoms with Gasteiger partial charge < -0.3 is 9.47 Å². The first kappa shape index (κ1) is 21.4. The second-order valence-electron chi connectivity index (χ2n) is 5.85. The van der Waals surface area contributed by atoms with E-state index in [-0.39, 0.29) is 16.5 Å². The van der Waals surface area contributed by atoms with Gasteiger partial charge in [0, 0.05) is 10.8 Å². The number of fused-ring (bicyclic) bond motifs is 1. The molecular weight excluding hydrogens is 501 g/mol. The van der Waals surface area contributed by atoms with E-state index in [2.05, 4.69) is 4.74 Å². The number of ether oxygens (including phenoxy) is 2. The Bertz CT molecular complexity index is 1010. The molecule has 0 heterocycles. The molecule has 0 fully saturated rings. The van der Waals surface area contributed by atoms with Crippen molar-refractivity contribution in [3.8, 4) is 11.5 Å². The lowest BCUT2D eigenvalue weighted by Crippen LogP contribution is -2.40. The number of carbonyl (C=O) groups excluding carboxylic acids is 2. The highest BCUT2D eigenvalue weighted by Crippen LogP contribution is 2.34. The molecule has 27 heavy (non-hydrogen) atoms. The van der Waals surface area contributed by atoms with Crippen molar-refractivity contribution < 1.29 is 40.8 Å². The molecule has 2 aromatic carbocycles. The van der Waals surface area contributed by atoms with Crippen LogP contribution in [0.5, 0.6) is 11.5 Å². The van der Waals surface area contributed by atoms with E-state index in [0.717, 1.165) is 6.07 Å². The quantitative estimate of drug-likeness (QED) is 0.215. The van der Waals surface area contributed by atoms with Crippen LogP contribution in [0.4, 0.5) is 8.78 Å². The van der Waals surface area contributed by atoms with Gasteiger partial charge in [-0.25, -0.2) is 4.79 Å². The Morgan fingerprint density at radius 2 is 1.37 bits per heavy atom. The fourth-order valence-electron chi connectivity index (χ4n) is 1.92. The van der Waals surface area contributed by atoms with Crippen molar-refractivity contribution in [3.05, 3.63) is 36.4 Å². The highest BCUT2D eigenvalue weighted by molar-refractivity contribution is 14.1. The molecule has 0 saturated carbocycles. The van der Waals surface area contributed by atoms with Crippen LogP contribution in [0.1, 0.15) is 13.8 Å². The third-order valence-electron chi connectivity index (χ3n) is 3.29. The molecule has 1 N–H and O–H groups in total. The highest BCUT2D eigenvalue weighted by Gasteiger charge is 2.54. The van der Waals surface area contributed by atoms with E-state index in [0.29, 0.717) is 0 Å². The van der Waals surface area contributed by atoms with E-state index in [1.54, 1.807) is 13.8 Å². The molecular formula is C16H13F2IO7S. The fourth-order valence-corrected chi connectivity index (χ4v) is 2.28. The number of benzene rings is 2. The SMILES string of the molecule is CC(C)(I)C(=O)Oc1cccc2c(OC(=O)C(F)(F)S(=O)(=O)O)cccc12. The lowest BCUT2D eigenvalue weighted by atomic mass is 10.1. The Morgan fingerprint density at radius 1 is 0.963 bits per heavy atom. The molecule has 7 nitrogen and oxygen atoms in total. The first-order chi connectivity index (χ1) is 12.2. The van der Waals surface area contributed by atoms with Gasteiger partial charge in [-0.05, 0) is 26.0 Å². The van der Waals surface area contributed by atoms with Crippen LogP contribution in [-0.2, 0) is 19.7 Å².